The number of aliphatic hydroxyl groups is 1. The lowest BCUT2D eigenvalue weighted by atomic mass is 9.94. The minimum Gasteiger partial charge on any atom is -0.507 e. The zero-order valence-electron chi connectivity index (χ0n) is 17.3. The third-order valence-electron chi connectivity index (χ3n) is 5.33. The molecule has 3 aromatic rings. The van der Waals surface area contributed by atoms with Crippen LogP contribution in [0.4, 0.5) is 11.4 Å². The monoisotopic (exact) mass is 446 g/mol. The Morgan fingerprint density at radius 2 is 1.76 bits per heavy atom. The molecule has 3 aromatic carbocycles. The van der Waals surface area contributed by atoms with Gasteiger partial charge in [0.25, 0.3) is 17.4 Å². The number of rotatable bonds is 5. The van der Waals surface area contributed by atoms with Crippen molar-refractivity contribution in [3.05, 3.63) is 99.6 Å². The van der Waals surface area contributed by atoms with Crippen LogP contribution in [0.15, 0.2) is 78.4 Å². The predicted octanol–water partition coefficient (Wildman–Crippen LogP) is 3.94. The molecule has 0 spiro atoms. The lowest BCUT2D eigenvalue weighted by Crippen LogP contribution is -2.29. The van der Waals surface area contributed by atoms with Crippen LogP contribution in [-0.4, -0.2) is 33.9 Å². The number of nitrogens with zero attached hydrogens (tertiary/aromatic N) is 2. The molecular weight excluding hydrogens is 428 g/mol. The molecule has 0 aromatic heterocycles. The van der Waals surface area contributed by atoms with Crippen molar-refractivity contribution in [2.75, 3.05) is 12.0 Å². The summed E-state index contributed by atoms with van der Waals surface area (Å²) in [5, 5.41) is 32.6. The molecule has 0 bridgehead atoms. The highest BCUT2D eigenvalue weighted by atomic mass is 16.6. The number of aliphatic hydroxyl groups excluding tert-OH is 1. The number of nitro benzene ring substituents is 1. The van der Waals surface area contributed by atoms with E-state index in [0.29, 0.717) is 11.3 Å². The van der Waals surface area contributed by atoms with Crippen molar-refractivity contribution in [2.45, 2.75) is 6.04 Å². The number of anilines is 1. The van der Waals surface area contributed by atoms with E-state index in [9.17, 15) is 29.9 Å². The quantitative estimate of drug-likeness (QED) is 0.200. The van der Waals surface area contributed by atoms with Gasteiger partial charge >= 0.3 is 0 Å². The second kappa shape index (κ2) is 8.46. The van der Waals surface area contributed by atoms with E-state index in [1.165, 1.54) is 37.4 Å². The van der Waals surface area contributed by atoms with E-state index in [4.69, 9.17) is 4.74 Å². The smallest absolute Gasteiger partial charge is 0.300 e. The summed E-state index contributed by atoms with van der Waals surface area (Å²) in [5.41, 5.74) is -0.0365. The third-order valence-corrected chi connectivity index (χ3v) is 5.33. The summed E-state index contributed by atoms with van der Waals surface area (Å²) in [4.78, 5) is 37.9. The van der Waals surface area contributed by atoms with Crippen molar-refractivity contribution in [3.63, 3.8) is 0 Å². The number of ketones is 1. The fourth-order valence-electron chi connectivity index (χ4n) is 3.80. The van der Waals surface area contributed by atoms with E-state index < -0.39 is 28.4 Å². The van der Waals surface area contributed by atoms with Gasteiger partial charge in [0.2, 0.25) is 0 Å². The van der Waals surface area contributed by atoms with Crippen LogP contribution in [0.1, 0.15) is 17.2 Å². The summed E-state index contributed by atoms with van der Waals surface area (Å²) >= 11 is 0. The van der Waals surface area contributed by atoms with E-state index in [0.717, 1.165) is 11.0 Å². The Hall–Kier alpha value is -4.66. The Bertz CT molecular complexity index is 1320. The Kier molecular flexibility index (Phi) is 5.53. The number of non-ortho nitro benzene ring substituents is 1. The van der Waals surface area contributed by atoms with E-state index in [-0.39, 0.29) is 28.3 Å². The van der Waals surface area contributed by atoms with Crippen LogP contribution in [0.25, 0.3) is 5.76 Å². The first-order valence-electron chi connectivity index (χ1n) is 9.81. The van der Waals surface area contributed by atoms with Gasteiger partial charge in [0, 0.05) is 17.7 Å². The van der Waals surface area contributed by atoms with Crippen molar-refractivity contribution in [3.8, 4) is 11.5 Å². The fourth-order valence-corrected chi connectivity index (χ4v) is 3.80. The summed E-state index contributed by atoms with van der Waals surface area (Å²) in [7, 11) is 1.46. The molecule has 1 unspecified atom stereocenters. The summed E-state index contributed by atoms with van der Waals surface area (Å²) in [6.07, 6.45) is 0. The highest BCUT2D eigenvalue weighted by molar-refractivity contribution is 6.51. The maximum atomic E-state index is 13.1. The summed E-state index contributed by atoms with van der Waals surface area (Å²) in [6.45, 7) is 0. The van der Waals surface area contributed by atoms with Crippen LogP contribution in [0.2, 0.25) is 0 Å². The lowest BCUT2D eigenvalue weighted by molar-refractivity contribution is -0.384. The maximum absolute atomic E-state index is 13.1. The molecule has 0 aliphatic carbocycles. The summed E-state index contributed by atoms with van der Waals surface area (Å²) in [5.74, 6) is -2.30. The number of amides is 1. The summed E-state index contributed by atoms with van der Waals surface area (Å²) < 4.78 is 5.26. The Morgan fingerprint density at radius 3 is 2.45 bits per heavy atom. The van der Waals surface area contributed by atoms with Gasteiger partial charge in [-0.15, -0.1) is 0 Å². The number of aromatic hydroxyl groups is 1. The topological polar surface area (TPSA) is 130 Å². The number of phenolic OH excluding ortho intramolecular Hbond substituents is 1. The van der Waals surface area contributed by atoms with Crippen molar-refractivity contribution in [1.29, 1.82) is 0 Å². The Morgan fingerprint density at radius 1 is 1.03 bits per heavy atom. The predicted molar refractivity (Wildman–Crippen MR) is 119 cm³/mol. The van der Waals surface area contributed by atoms with Crippen molar-refractivity contribution >= 4 is 28.8 Å². The van der Waals surface area contributed by atoms with Gasteiger partial charge in [0.15, 0.2) is 0 Å². The molecule has 0 saturated carbocycles. The normalized spacial score (nSPS) is 17.2. The van der Waals surface area contributed by atoms with Gasteiger partial charge in [0.05, 0.1) is 29.3 Å². The highest BCUT2D eigenvalue weighted by Crippen LogP contribution is 2.45. The molecule has 166 valence electrons. The zero-order valence-corrected chi connectivity index (χ0v) is 17.3. The average molecular weight is 446 g/mol. The number of ether oxygens (including phenoxy) is 1. The molecular formula is C24H18N2O7. The fraction of sp³-hybridized carbons (Fsp3) is 0.0833. The van der Waals surface area contributed by atoms with Crippen LogP contribution in [0.5, 0.6) is 11.5 Å². The van der Waals surface area contributed by atoms with Gasteiger partial charge in [-0.1, -0.05) is 36.4 Å². The third kappa shape index (κ3) is 3.76. The molecule has 1 heterocycles. The number of carbonyl (C=O) groups excluding carboxylic acids is 2. The first kappa shape index (κ1) is 21.6. The number of phenols is 1. The Balaban J connectivity index is 1.98. The van der Waals surface area contributed by atoms with E-state index >= 15 is 0 Å². The van der Waals surface area contributed by atoms with Crippen LogP contribution in [0, 0.1) is 10.1 Å². The van der Waals surface area contributed by atoms with Crippen molar-refractivity contribution in [1.82, 2.24) is 0 Å². The lowest BCUT2D eigenvalue weighted by Gasteiger charge is -2.26. The largest absolute Gasteiger partial charge is 0.507 e. The van der Waals surface area contributed by atoms with E-state index in [1.807, 2.05) is 0 Å². The minimum absolute atomic E-state index is 0.00683. The van der Waals surface area contributed by atoms with Crippen LogP contribution in [0.3, 0.4) is 0 Å². The molecule has 1 amide bonds. The molecule has 0 radical (unpaired) electrons. The number of nitro groups is 1. The Labute approximate surface area is 187 Å². The second-order valence-corrected chi connectivity index (χ2v) is 7.24. The second-order valence-electron chi connectivity index (χ2n) is 7.24. The minimum atomic E-state index is -1.12. The number of carbonyl (C=O) groups is 2. The van der Waals surface area contributed by atoms with Gasteiger partial charge in [0.1, 0.15) is 17.3 Å². The molecule has 33 heavy (non-hydrogen) atoms. The number of para-hydroxylation sites is 2. The van der Waals surface area contributed by atoms with E-state index in [2.05, 4.69) is 0 Å². The van der Waals surface area contributed by atoms with E-state index in [1.54, 1.807) is 36.4 Å². The average Bonchev–Trinajstić information content (AvgIpc) is 3.09. The maximum Gasteiger partial charge on any atom is 0.300 e. The van der Waals surface area contributed by atoms with Crippen LogP contribution in [-0.2, 0) is 9.59 Å². The molecule has 1 atom stereocenters. The highest BCUT2D eigenvalue weighted by Gasteiger charge is 2.47. The molecule has 9 nitrogen and oxygen atoms in total. The van der Waals surface area contributed by atoms with Crippen molar-refractivity contribution in [2.24, 2.45) is 0 Å². The van der Waals surface area contributed by atoms with Gasteiger partial charge in [-0.2, -0.15) is 0 Å². The summed E-state index contributed by atoms with van der Waals surface area (Å²) in [6, 6.07) is 16.6. The molecule has 1 saturated heterocycles. The first-order valence-corrected chi connectivity index (χ1v) is 9.81. The first-order chi connectivity index (χ1) is 15.8. The van der Waals surface area contributed by atoms with Crippen LogP contribution >= 0.6 is 0 Å². The van der Waals surface area contributed by atoms with Crippen LogP contribution < -0.4 is 9.64 Å². The molecule has 1 fully saturated rings. The number of benzene rings is 3. The standard InChI is InChI=1S/C24H18N2O7/c1-33-17-9-5-6-14(13-17)21-20(22(28)15-7-4-8-16(12-15)26(31)32)23(29)24(30)25(21)18-10-2-3-11-19(18)27/h2-13,21,27-28H,1H3/b22-20-. The van der Waals surface area contributed by atoms with Crippen molar-refractivity contribution < 1.29 is 29.5 Å². The number of Topliss-reactive ketones (excluding diaryl/α,β-unsaturated/α-hetero) is 1. The zero-order chi connectivity index (χ0) is 23.7. The molecule has 4 rings (SSSR count). The number of methoxy groups -OCH3 is 1. The van der Waals surface area contributed by atoms with Gasteiger partial charge in [-0.05, 0) is 29.8 Å². The molecule has 1 aliphatic rings. The van der Waals surface area contributed by atoms with Gasteiger partial charge in [-0.25, -0.2) is 0 Å². The van der Waals surface area contributed by atoms with Gasteiger partial charge < -0.3 is 14.9 Å². The van der Waals surface area contributed by atoms with Gasteiger partial charge in [-0.3, -0.25) is 24.6 Å². The number of hydrogen-bond donors (Lipinski definition) is 2. The molecule has 2 N–H and O–H groups in total. The SMILES string of the molecule is COc1cccc(C2/C(=C(/O)c3cccc([N+](=O)[O-])c3)C(=O)C(=O)N2c2ccccc2O)c1. The number of hydrogen-bond acceptors (Lipinski definition) is 7. The molecule has 9 heteroatoms. The molecule has 1 aliphatic heterocycles.